The molecule has 1 fully saturated rings. The molecular formula is C20H24N2O3S. The number of pyridine rings is 1. The Morgan fingerprint density at radius 3 is 2.58 bits per heavy atom. The number of likely N-dealkylation sites (tertiary alicyclic amines) is 1. The van der Waals surface area contributed by atoms with Crippen LogP contribution in [0.3, 0.4) is 0 Å². The molecule has 2 heterocycles. The summed E-state index contributed by atoms with van der Waals surface area (Å²) in [5.74, 6) is -0.797. The van der Waals surface area contributed by atoms with E-state index in [9.17, 15) is 9.90 Å². The Hall–Kier alpha value is -1.89. The second kappa shape index (κ2) is 9.16. The van der Waals surface area contributed by atoms with Crippen LogP contribution in [-0.2, 0) is 16.1 Å². The van der Waals surface area contributed by atoms with Crippen LogP contribution in [-0.4, -0.2) is 46.4 Å². The molecular weight excluding hydrogens is 348 g/mol. The Kier molecular flexibility index (Phi) is 6.66. The Bertz CT molecular complexity index is 701. The van der Waals surface area contributed by atoms with Crippen LogP contribution in [0.1, 0.15) is 30.1 Å². The number of aliphatic carboxylic acids is 1. The van der Waals surface area contributed by atoms with E-state index in [4.69, 9.17) is 4.74 Å². The molecule has 0 radical (unpaired) electrons. The molecule has 1 N–H and O–H groups in total. The Morgan fingerprint density at radius 2 is 2.00 bits per heavy atom. The van der Waals surface area contributed by atoms with Gasteiger partial charge in [-0.05, 0) is 48.9 Å². The predicted octanol–water partition coefficient (Wildman–Crippen LogP) is 3.61. The lowest BCUT2D eigenvalue weighted by Gasteiger charge is -2.35. The molecule has 1 saturated heterocycles. The number of carbonyl (C=O) groups is 1. The number of nitrogens with zero attached hydrogens (tertiary/aromatic N) is 2. The molecule has 0 unspecified atom stereocenters. The number of ether oxygens (including phenoxy) is 1. The van der Waals surface area contributed by atoms with E-state index < -0.39 is 12.0 Å². The molecule has 1 aliphatic heterocycles. The summed E-state index contributed by atoms with van der Waals surface area (Å²) in [6, 6.07) is 13.0. The van der Waals surface area contributed by atoms with Crippen molar-refractivity contribution in [1.82, 2.24) is 9.88 Å². The molecule has 2 aromatic rings. The number of thioether (sulfide) groups is 1. The van der Waals surface area contributed by atoms with Crippen LogP contribution in [0.25, 0.3) is 0 Å². The molecule has 1 aromatic heterocycles. The minimum absolute atomic E-state index is 0.154. The van der Waals surface area contributed by atoms with Gasteiger partial charge in [0.1, 0.15) is 6.04 Å². The van der Waals surface area contributed by atoms with E-state index in [-0.39, 0.29) is 6.10 Å². The van der Waals surface area contributed by atoms with Crippen molar-refractivity contribution in [2.45, 2.75) is 36.5 Å². The van der Waals surface area contributed by atoms with E-state index in [1.807, 2.05) is 53.6 Å². The van der Waals surface area contributed by atoms with Crippen molar-refractivity contribution in [3.8, 4) is 0 Å². The monoisotopic (exact) mass is 372 g/mol. The van der Waals surface area contributed by atoms with E-state index in [2.05, 4.69) is 4.98 Å². The largest absolute Gasteiger partial charge is 0.480 e. The zero-order valence-corrected chi connectivity index (χ0v) is 15.7. The van der Waals surface area contributed by atoms with Gasteiger partial charge in [-0.1, -0.05) is 18.2 Å². The van der Waals surface area contributed by atoms with Crippen LogP contribution in [0.2, 0.25) is 0 Å². The third-order valence-electron chi connectivity index (χ3n) is 4.70. The Balaban J connectivity index is 1.56. The number of carboxylic acid groups (broad SMARTS) is 1. The summed E-state index contributed by atoms with van der Waals surface area (Å²) in [5.41, 5.74) is 1.76. The van der Waals surface area contributed by atoms with Crippen LogP contribution in [0.4, 0.5) is 0 Å². The zero-order valence-electron chi connectivity index (χ0n) is 14.9. The first kappa shape index (κ1) is 18.9. The smallest absolute Gasteiger partial charge is 0.325 e. The highest BCUT2D eigenvalue weighted by atomic mass is 32.2. The molecule has 1 aromatic carbocycles. The lowest BCUT2D eigenvalue weighted by Crippen LogP contribution is -2.42. The second-order valence-corrected chi connectivity index (χ2v) is 7.26. The van der Waals surface area contributed by atoms with Gasteiger partial charge >= 0.3 is 5.97 Å². The summed E-state index contributed by atoms with van der Waals surface area (Å²) in [5, 5.41) is 9.74. The zero-order chi connectivity index (χ0) is 18.4. The molecule has 0 bridgehead atoms. The van der Waals surface area contributed by atoms with E-state index in [0.29, 0.717) is 19.7 Å². The SMILES string of the molecule is CSc1ccc([C@H](C(=O)O)N2CCC(OCc3ccccn3)CC2)cc1. The summed E-state index contributed by atoms with van der Waals surface area (Å²) in [7, 11) is 0. The first-order valence-corrected chi connectivity index (χ1v) is 10.0. The maximum absolute atomic E-state index is 11.9. The molecule has 3 rings (SSSR count). The Morgan fingerprint density at radius 1 is 1.27 bits per heavy atom. The molecule has 1 aliphatic rings. The van der Waals surface area contributed by atoms with Gasteiger partial charge in [-0.3, -0.25) is 14.7 Å². The summed E-state index contributed by atoms with van der Waals surface area (Å²) < 4.78 is 5.95. The topological polar surface area (TPSA) is 62.7 Å². The van der Waals surface area contributed by atoms with Crippen LogP contribution in [0.5, 0.6) is 0 Å². The number of hydrogen-bond donors (Lipinski definition) is 1. The van der Waals surface area contributed by atoms with Crippen molar-refractivity contribution in [2.75, 3.05) is 19.3 Å². The van der Waals surface area contributed by atoms with Crippen molar-refractivity contribution in [3.63, 3.8) is 0 Å². The summed E-state index contributed by atoms with van der Waals surface area (Å²) in [6.45, 7) is 1.94. The summed E-state index contributed by atoms with van der Waals surface area (Å²) >= 11 is 1.65. The maximum Gasteiger partial charge on any atom is 0.325 e. The standard InChI is InChI=1S/C20H24N2O3S/c1-26-18-7-5-15(6-8-18)19(20(23)24)22-12-9-17(10-13-22)25-14-16-4-2-3-11-21-16/h2-8,11,17,19H,9-10,12-14H2,1H3,(H,23,24)/t19-/m1/s1. The molecule has 0 saturated carbocycles. The molecule has 1 atom stereocenters. The third kappa shape index (κ3) is 4.84. The number of rotatable bonds is 7. The van der Waals surface area contributed by atoms with Crippen molar-refractivity contribution >= 4 is 17.7 Å². The number of carboxylic acids is 1. The minimum Gasteiger partial charge on any atom is -0.480 e. The van der Waals surface area contributed by atoms with E-state index in [1.54, 1.807) is 18.0 Å². The average Bonchev–Trinajstić information content (AvgIpc) is 2.68. The molecule has 0 amide bonds. The van der Waals surface area contributed by atoms with E-state index >= 15 is 0 Å². The van der Waals surface area contributed by atoms with E-state index in [0.717, 1.165) is 29.0 Å². The maximum atomic E-state index is 11.9. The molecule has 0 spiro atoms. The van der Waals surface area contributed by atoms with Gasteiger partial charge in [0.05, 0.1) is 18.4 Å². The van der Waals surface area contributed by atoms with Crippen molar-refractivity contribution in [2.24, 2.45) is 0 Å². The van der Waals surface area contributed by atoms with Crippen LogP contribution in [0.15, 0.2) is 53.6 Å². The van der Waals surface area contributed by atoms with Gasteiger partial charge in [-0.2, -0.15) is 0 Å². The lowest BCUT2D eigenvalue weighted by molar-refractivity contribution is -0.145. The van der Waals surface area contributed by atoms with Gasteiger partial charge in [0.15, 0.2) is 0 Å². The van der Waals surface area contributed by atoms with Gasteiger partial charge in [0.25, 0.3) is 0 Å². The van der Waals surface area contributed by atoms with Gasteiger partial charge in [0.2, 0.25) is 0 Å². The summed E-state index contributed by atoms with van der Waals surface area (Å²) in [6.07, 6.45) is 5.60. The normalized spacial score (nSPS) is 17.1. The van der Waals surface area contributed by atoms with Crippen molar-refractivity contribution in [3.05, 3.63) is 59.9 Å². The number of hydrogen-bond acceptors (Lipinski definition) is 5. The second-order valence-electron chi connectivity index (χ2n) is 6.38. The quantitative estimate of drug-likeness (QED) is 0.749. The highest BCUT2D eigenvalue weighted by Gasteiger charge is 2.31. The Labute approximate surface area is 158 Å². The van der Waals surface area contributed by atoms with Gasteiger partial charge in [0, 0.05) is 24.2 Å². The number of aromatic nitrogens is 1. The fourth-order valence-electron chi connectivity index (χ4n) is 3.28. The highest BCUT2D eigenvalue weighted by Crippen LogP contribution is 2.27. The van der Waals surface area contributed by atoms with Crippen molar-refractivity contribution in [1.29, 1.82) is 0 Å². The first-order chi connectivity index (χ1) is 12.7. The molecule has 138 valence electrons. The molecule has 26 heavy (non-hydrogen) atoms. The first-order valence-electron chi connectivity index (χ1n) is 8.79. The van der Waals surface area contributed by atoms with Crippen LogP contribution < -0.4 is 0 Å². The van der Waals surface area contributed by atoms with Gasteiger partial charge < -0.3 is 9.84 Å². The fourth-order valence-corrected chi connectivity index (χ4v) is 3.69. The summed E-state index contributed by atoms with van der Waals surface area (Å²) in [4.78, 5) is 19.3. The lowest BCUT2D eigenvalue weighted by atomic mass is 10.0. The number of piperidine rings is 1. The number of benzene rings is 1. The van der Waals surface area contributed by atoms with E-state index in [1.165, 1.54) is 0 Å². The minimum atomic E-state index is -0.797. The third-order valence-corrected chi connectivity index (χ3v) is 5.44. The highest BCUT2D eigenvalue weighted by molar-refractivity contribution is 7.98. The fraction of sp³-hybridized carbons (Fsp3) is 0.400. The average molecular weight is 372 g/mol. The van der Waals surface area contributed by atoms with Crippen molar-refractivity contribution < 1.29 is 14.6 Å². The van der Waals surface area contributed by atoms with Gasteiger partial charge in [-0.25, -0.2) is 0 Å². The predicted molar refractivity (Wildman–Crippen MR) is 102 cm³/mol. The molecule has 5 nitrogen and oxygen atoms in total. The van der Waals surface area contributed by atoms with Crippen LogP contribution in [0, 0.1) is 0 Å². The molecule has 6 heteroatoms. The van der Waals surface area contributed by atoms with Gasteiger partial charge in [-0.15, -0.1) is 11.8 Å². The molecule has 0 aliphatic carbocycles. The van der Waals surface area contributed by atoms with Crippen LogP contribution >= 0.6 is 11.8 Å².